The molecular formula is C8H6N2O2. The molecule has 0 spiro atoms. The van der Waals surface area contributed by atoms with Crippen molar-refractivity contribution in [2.75, 3.05) is 0 Å². The lowest BCUT2D eigenvalue weighted by atomic mass is 10.2. The van der Waals surface area contributed by atoms with E-state index in [1.807, 2.05) is 4.90 Å². The van der Waals surface area contributed by atoms with Gasteiger partial charge in [0.1, 0.15) is 17.4 Å². The fraction of sp³-hybridized carbons (Fsp3) is 0.250. The van der Waals surface area contributed by atoms with Crippen LogP contribution in [0.25, 0.3) is 0 Å². The van der Waals surface area contributed by atoms with Crippen molar-refractivity contribution in [3.8, 4) is 0 Å². The number of hydrogen-bond donors (Lipinski definition) is 1. The Bertz CT molecular complexity index is 367. The lowest BCUT2D eigenvalue weighted by Gasteiger charge is -2.19. The molecule has 1 aliphatic carbocycles. The first kappa shape index (κ1) is 5.99. The van der Waals surface area contributed by atoms with Crippen LogP contribution in [0.15, 0.2) is 23.8 Å². The Balaban J connectivity index is 2.25. The van der Waals surface area contributed by atoms with Gasteiger partial charge in [-0.25, -0.2) is 0 Å². The van der Waals surface area contributed by atoms with E-state index in [1.165, 1.54) is 0 Å². The van der Waals surface area contributed by atoms with Crippen LogP contribution in [0.5, 0.6) is 0 Å². The molecule has 3 rings (SSSR count). The van der Waals surface area contributed by atoms with Gasteiger partial charge in [-0.15, -0.1) is 0 Å². The number of Topliss-reactive ketones (excluding diaryl/α,β-unsaturated/α-hetero) is 2. The van der Waals surface area contributed by atoms with Gasteiger partial charge in [0.05, 0.1) is 0 Å². The number of fused-ring (bicyclic) bond motifs is 4. The number of carbonyl (C=O) groups excluding carboxylic acids is 2. The molecule has 3 aliphatic rings. The van der Waals surface area contributed by atoms with Crippen LogP contribution in [0.4, 0.5) is 0 Å². The van der Waals surface area contributed by atoms with Crippen LogP contribution >= 0.6 is 0 Å². The molecule has 0 aromatic carbocycles. The van der Waals surface area contributed by atoms with Crippen LogP contribution in [0.3, 0.4) is 0 Å². The lowest BCUT2D eigenvalue weighted by molar-refractivity contribution is -0.116. The van der Waals surface area contributed by atoms with E-state index in [4.69, 9.17) is 0 Å². The van der Waals surface area contributed by atoms with Crippen molar-refractivity contribution in [1.29, 1.82) is 0 Å². The van der Waals surface area contributed by atoms with Gasteiger partial charge in [0.15, 0.2) is 11.6 Å². The second kappa shape index (κ2) is 1.60. The van der Waals surface area contributed by atoms with Gasteiger partial charge in [-0.2, -0.15) is 0 Å². The van der Waals surface area contributed by atoms with Crippen molar-refractivity contribution in [2.45, 2.75) is 12.5 Å². The van der Waals surface area contributed by atoms with Crippen molar-refractivity contribution in [3.05, 3.63) is 23.8 Å². The summed E-state index contributed by atoms with van der Waals surface area (Å²) in [5, 5.41) is 2.89. The summed E-state index contributed by atoms with van der Waals surface area (Å²) < 4.78 is 0. The molecule has 0 aromatic rings. The van der Waals surface area contributed by atoms with Crippen molar-refractivity contribution in [3.63, 3.8) is 0 Å². The molecule has 0 aromatic heterocycles. The number of hydrogen-bond acceptors (Lipinski definition) is 4. The molecule has 4 heteroatoms. The molecule has 1 atom stereocenters. The average Bonchev–Trinajstić information content (AvgIpc) is 2.61. The van der Waals surface area contributed by atoms with E-state index in [1.54, 1.807) is 12.4 Å². The lowest BCUT2D eigenvalue weighted by Crippen LogP contribution is -2.30. The minimum absolute atomic E-state index is 0.0209. The van der Waals surface area contributed by atoms with Crippen molar-refractivity contribution in [2.24, 2.45) is 0 Å². The van der Waals surface area contributed by atoms with Gasteiger partial charge in [0.25, 0.3) is 0 Å². The minimum Gasteiger partial charge on any atom is -0.346 e. The fourth-order valence-electron chi connectivity index (χ4n) is 1.95. The number of nitrogens with one attached hydrogen (secondary N) is 1. The van der Waals surface area contributed by atoms with Gasteiger partial charge >= 0.3 is 0 Å². The van der Waals surface area contributed by atoms with E-state index in [2.05, 4.69) is 5.32 Å². The van der Waals surface area contributed by atoms with Crippen LogP contribution < -0.4 is 5.32 Å². The molecule has 1 saturated carbocycles. The topological polar surface area (TPSA) is 49.4 Å². The maximum absolute atomic E-state index is 11.4. The van der Waals surface area contributed by atoms with Crippen LogP contribution in [-0.4, -0.2) is 22.5 Å². The first-order valence-electron chi connectivity index (χ1n) is 3.82. The summed E-state index contributed by atoms with van der Waals surface area (Å²) in [6.07, 6.45) is 3.90. The molecule has 1 fully saturated rings. The van der Waals surface area contributed by atoms with E-state index in [0.717, 1.165) is 0 Å². The Hall–Kier alpha value is -1.58. The quantitative estimate of drug-likeness (QED) is 0.488. The Labute approximate surface area is 68.5 Å². The molecule has 2 bridgehead atoms. The molecule has 1 N–H and O–H groups in total. The number of carbonyl (C=O) groups is 2. The number of nitrogens with zero attached hydrogens (tertiary/aromatic N) is 1. The zero-order chi connectivity index (χ0) is 8.29. The predicted molar refractivity (Wildman–Crippen MR) is 39.6 cm³/mol. The number of ketones is 2. The summed E-state index contributed by atoms with van der Waals surface area (Å²) in [6.45, 7) is 0. The first-order chi connectivity index (χ1) is 5.79. The smallest absolute Gasteiger partial charge is 0.193 e. The third kappa shape index (κ3) is 0.441. The summed E-state index contributed by atoms with van der Waals surface area (Å²) in [4.78, 5) is 24.4. The van der Waals surface area contributed by atoms with Crippen LogP contribution in [0, 0.1) is 0 Å². The summed E-state index contributed by atoms with van der Waals surface area (Å²) in [6, 6.07) is -0.242. The molecular weight excluding hydrogens is 156 g/mol. The SMILES string of the molecule is O=C1CC2C(=O)C1=C1NC=CN12. The summed E-state index contributed by atoms with van der Waals surface area (Å²) >= 11 is 0. The predicted octanol–water partition coefficient (Wildman–Crippen LogP) is -0.502. The molecule has 4 nitrogen and oxygen atoms in total. The summed E-state index contributed by atoms with van der Waals surface area (Å²) in [5.41, 5.74) is 0.366. The van der Waals surface area contributed by atoms with Gasteiger partial charge in [0.2, 0.25) is 0 Å². The Morgan fingerprint density at radius 2 is 2.33 bits per heavy atom. The average molecular weight is 162 g/mol. The normalized spacial score (nSPS) is 30.3. The summed E-state index contributed by atoms with van der Waals surface area (Å²) in [5.74, 6) is 0.639. The largest absolute Gasteiger partial charge is 0.346 e. The third-order valence-electron chi connectivity index (χ3n) is 2.49. The highest BCUT2D eigenvalue weighted by Gasteiger charge is 2.50. The van der Waals surface area contributed by atoms with E-state index >= 15 is 0 Å². The minimum atomic E-state index is -0.242. The van der Waals surface area contributed by atoms with E-state index in [0.29, 0.717) is 17.8 Å². The van der Waals surface area contributed by atoms with Crippen LogP contribution in [0.2, 0.25) is 0 Å². The van der Waals surface area contributed by atoms with Gasteiger partial charge in [-0.3, -0.25) is 9.59 Å². The van der Waals surface area contributed by atoms with Gasteiger partial charge in [0, 0.05) is 18.8 Å². The number of rotatable bonds is 0. The highest BCUT2D eigenvalue weighted by molar-refractivity contribution is 6.30. The van der Waals surface area contributed by atoms with E-state index in [9.17, 15) is 9.59 Å². The monoisotopic (exact) mass is 162 g/mol. The standard InChI is InChI=1S/C8H6N2O2/c11-5-3-4-7(12)6(5)8-9-1-2-10(4)8/h1-2,4,9H,3H2. The highest BCUT2D eigenvalue weighted by Crippen LogP contribution is 2.36. The molecule has 60 valence electrons. The third-order valence-corrected chi connectivity index (χ3v) is 2.49. The Morgan fingerprint density at radius 1 is 1.50 bits per heavy atom. The second-order valence-electron chi connectivity index (χ2n) is 3.10. The molecule has 2 aliphatic heterocycles. The Morgan fingerprint density at radius 3 is 3.17 bits per heavy atom. The summed E-state index contributed by atoms with van der Waals surface area (Å²) in [7, 11) is 0. The molecule has 0 saturated heterocycles. The van der Waals surface area contributed by atoms with Crippen LogP contribution in [-0.2, 0) is 9.59 Å². The molecule has 2 heterocycles. The van der Waals surface area contributed by atoms with E-state index in [-0.39, 0.29) is 17.6 Å². The molecule has 12 heavy (non-hydrogen) atoms. The fourth-order valence-corrected chi connectivity index (χ4v) is 1.95. The maximum atomic E-state index is 11.4. The molecule has 1 unspecified atom stereocenters. The zero-order valence-corrected chi connectivity index (χ0v) is 6.20. The molecule has 0 amide bonds. The molecule has 0 radical (unpaired) electrons. The first-order valence-corrected chi connectivity index (χ1v) is 3.82. The van der Waals surface area contributed by atoms with Crippen molar-refractivity contribution >= 4 is 11.6 Å². The maximum Gasteiger partial charge on any atom is 0.193 e. The van der Waals surface area contributed by atoms with Crippen molar-refractivity contribution in [1.82, 2.24) is 10.2 Å². The second-order valence-corrected chi connectivity index (χ2v) is 3.10. The van der Waals surface area contributed by atoms with E-state index < -0.39 is 0 Å². The Kier molecular flexibility index (Phi) is 0.800. The zero-order valence-electron chi connectivity index (χ0n) is 6.20. The van der Waals surface area contributed by atoms with Gasteiger partial charge < -0.3 is 10.2 Å². The van der Waals surface area contributed by atoms with Gasteiger partial charge in [-0.1, -0.05) is 0 Å². The van der Waals surface area contributed by atoms with Crippen LogP contribution in [0.1, 0.15) is 6.42 Å². The van der Waals surface area contributed by atoms with Crippen molar-refractivity contribution < 1.29 is 9.59 Å². The highest BCUT2D eigenvalue weighted by atomic mass is 16.2. The van der Waals surface area contributed by atoms with Gasteiger partial charge in [-0.05, 0) is 0 Å².